The van der Waals surface area contributed by atoms with Crippen molar-refractivity contribution in [1.82, 2.24) is 34.8 Å². The maximum atomic E-state index is 12.5. The summed E-state index contributed by atoms with van der Waals surface area (Å²) < 4.78 is 13.4. The maximum absolute atomic E-state index is 12.5. The number of hydrogen-bond acceptors (Lipinski definition) is 12. The molecule has 2 aromatic heterocycles. The summed E-state index contributed by atoms with van der Waals surface area (Å²) in [5.41, 5.74) is 10.5. The van der Waals surface area contributed by atoms with Gasteiger partial charge in [0, 0.05) is 36.1 Å². The molecule has 16 heteroatoms. The molecule has 0 aliphatic carbocycles. The third-order valence-corrected chi connectivity index (χ3v) is 10.3. The summed E-state index contributed by atoms with van der Waals surface area (Å²) in [5.74, 6) is 0.103. The van der Waals surface area contributed by atoms with Gasteiger partial charge < -0.3 is 41.0 Å². The van der Waals surface area contributed by atoms with E-state index in [0.717, 1.165) is 18.4 Å². The number of nitrogens with zero attached hydrogens (tertiary/aromatic N) is 6. The highest BCUT2D eigenvalue weighted by molar-refractivity contribution is 5.92. The van der Waals surface area contributed by atoms with E-state index in [1.54, 1.807) is 79.5 Å². The number of aryl methyl sites for hydroxylation is 2. The molecule has 2 amide bonds. The molecule has 8 aromatic rings. The minimum absolute atomic E-state index is 0.0105. The van der Waals surface area contributed by atoms with Crippen LogP contribution in [0.25, 0.3) is 45.3 Å². The highest BCUT2D eigenvalue weighted by atomic mass is 16.5. The van der Waals surface area contributed by atoms with E-state index in [1.165, 1.54) is 29.3 Å². The van der Waals surface area contributed by atoms with Gasteiger partial charge in [0.25, 0.3) is 11.8 Å². The van der Waals surface area contributed by atoms with Crippen molar-refractivity contribution in [2.24, 2.45) is 5.73 Å². The second-order valence-electron chi connectivity index (χ2n) is 14.3. The summed E-state index contributed by atoms with van der Waals surface area (Å²) in [6.45, 7) is 0. The Hall–Kier alpha value is -8.66. The molecule has 7 N–H and O–H groups in total. The van der Waals surface area contributed by atoms with Gasteiger partial charge in [0.2, 0.25) is 11.6 Å². The van der Waals surface area contributed by atoms with Gasteiger partial charge in [0.05, 0.1) is 25.3 Å². The third-order valence-electron chi connectivity index (χ3n) is 10.3. The van der Waals surface area contributed by atoms with E-state index >= 15 is 0 Å². The van der Waals surface area contributed by atoms with Crippen molar-refractivity contribution in [3.05, 3.63) is 156 Å². The van der Waals surface area contributed by atoms with Crippen LogP contribution in [0.2, 0.25) is 0 Å². The molecule has 0 bridgehead atoms. The molecule has 0 saturated heterocycles. The number of phenols is 4. The first kappa shape index (κ1) is 43.4. The molecule has 0 spiro atoms. The van der Waals surface area contributed by atoms with E-state index in [1.807, 2.05) is 48.5 Å². The molecule has 0 atom stereocenters. The van der Waals surface area contributed by atoms with Gasteiger partial charge in [-0.25, -0.2) is 0 Å². The van der Waals surface area contributed by atoms with Gasteiger partial charge in [-0.2, -0.15) is 0 Å². The zero-order valence-electron chi connectivity index (χ0n) is 35.0. The van der Waals surface area contributed by atoms with Crippen LogP contribution in [0.3, 0.4) is 0 Å². The monoisotopic (exact) mass is 860 g/mol. The third kappa shape index (κ3) is 9.30. The predicted octanol–water partition coefficient (Wildman–Crippen LogP) is 7.01. The van der Waals surface area contributed by atoms with Gasteiger partial charge in [-0.3, -0.25) is 18.7 Å². The Morgan fingerprint density at radius 1 is 0.578 bits per heavy atom. The quantitative estimate of drug-likeness (QED) is 0.0688. The Balaban J connectivity index is 0.000000193. The molecule has 64 heavy (non-hydrogen) atoms. The summed E-state index contributed by atoms with van der Waals surface area (Å²) in [6, 6.07) is 39.1. The van der Waals surface area contributed by atoms with Crippen LogP contribution in [-0.2, 0) is 12.8 Å². The average molecular weight is 861 g/mol. The molecular formula is C48H44N8O8. The molecule has 0 fully saturated rings. The molecule has 2 heterocycles. The second kappa shape index (κ2) is 19.4. The Bertz CT molecular complexity index is 2900. The molecule has 0 saturated carbocycles. The van der Waals surface area contributed by atoms with Crippen molar-refractivity contribution in [2.45, 2.75) is 19.3 Å². The normalized spacial score (nSPS) is 10.7. The number of benzene rings is 6. The zero-order valence-corrected chi connectivity index (χ0v) is 35.0. The number of nitrogens with one attached hydrogen (secondary N) is 1. The summed E-state index contributed by atoms with van der Waals surface area (Å²) in [7, 11) is 4.63. The van der Waals surface area contributed by atoms with Crippen LogP contribution >= 0.6 is 0 Å². The number of hydrogen-bond donors (Lipinski definition) is 6. The molecule has 0 radical (unpaired) electrons. The SMILES string of the molecule is CNC(=O)c1nnc(-c2cc(CCCc3ccccc3)c(O)cc2O)n1-c1ccc(OC)cc1.COc1ccc(-n2c(C(N)=O)nnc2-c2cc(-c3ccccc3)c(O)cc2O)cc1. The predicted molar refractivity (Wildman–Crippen MR) is 239 cm³/mol. The average Bonchev–Trinajstić information content (AvgIpc) is 3.96. The topological polar surface area (TPSA) is 233 Å². The summed E-state index contributed by atoms with van der Waals surface area (Å²) in [4.78, 5) is 24.5. The van der Waals surface area contributed by atoms with E-state index in [9.17, 15) is 30.0 Å². The Morgan fingerprint density at radius 3 is 1.59 bits per heavy atom. The lowest BCUT2D eigenvalue weighted by molar-refractivity contribution is 0.0949. The number of ether oxygens (including phenoxy) is 2. The number of rotatable bonds is 13. The minimum atomic E-state index is -0.772. The zero-order chi connectivity index (χ0) is 45.3. The molecule has 8 rings (SSSR count). The largest absolute Gasteiger partial charge is 0.508 e. The number of methoxy groups -OCH3 is 2. The summed E-state index contributed by atoms with van der Waals surface area (Å²) in [6.07, 6.45) is 2.28. The van der Waals surface area contributed by atoms with Crippen molar-refractivity contribution < 1.29 is 39.5 Å². The molecular weight excluding hydrogens is 817 g/mol. The summed E-state index contributed by atoms with van der Waals surface area (Å²) in [5, 5.41) is 60.9. The van der Waals surface area contributed by atoms with Crippen LogP contribution in [0.4, 0.5) is 0 Å². The first-order valence-electron chi connectivity index (χ1n) is 19.9. The van der Waals surface area contributed by atoms with E-state index in [0.29, 0.717) is 46.0 Å². The van der Waals surface area contributed by atoms with Crippen LogP contribution in [0.15, 0.2) is 133 Å². The van der Waals surface area contributed by atoms with Crippen LogP contribution in [-0.4, -0.2) is 83.0 Å². The minimum Gasteiger partial charge on any atom is -0.508 e. The highest BCUT2D eigenvalue weighted by Crippen LogP contribution is 2.40. The second-order valence-corrected chi connectivity index (χ2v) is 14.3. The Labute approximate surface area is 367 Å². The molecule has 0 unspecified atom stereocenters. The molecule has 6 aromatic carbocycles. The number of amides is 2. The van der Waals surface area contributed by atoms with Crippen LogP contribution in [0.1, 0.15) is 38.8 Å². The van der Waals surface area contributed by atoms with E-state index in [2.05, 4.69) is 37.8 Å². The lowest BCUT2D eigenvalue weighted by Gasteiger charge is -2.13. The number of primary amides is 1. The van der Waals surface area contributed by atoms with E-state index < -0.39 is 11.8 Å². The fourth-order valence-corrected chi connectivity index (χ4v) is 7.02. The fraction of sp³-hybridized carbons (Fsp3) is 0.125. The van der Waals surface area contributed by atoms with Crippen LogP contribution < -0.4 is 20.5 Å². The van der Waals surface area contributed by atoms with Gasteiger partial charge in [-0.05, 0) is 96.6 Å². The van der Waals surface area contributed by atoms with Crippen LogP contribution in [0, 0.1) is 0 Å². The number of phenolic OH excluding ortho intramolecular Hbond substituents is 4. The van der Waals surface area contributed by atoms with Gasteiger partial charge in [0.15, 0.2) is 11.6 Å². The van der Waals surface area contributed by atoms with E-state index in [4.69, 9.17) is 15.2 Å². The standard InChI is InChI=1S/C26H26N4O4.C22H18N4O4/c1-27-26(33)25-29-28-24(30(25)19-11-13-20(34-2)14-12-19)21-15-18(22(31)16-23(21)32)10-6-9-17-7-4-3-5-8-17;1-30-15-9-7-14(8-10-15)26-21(24-25-22(26)20(23)29)17-11-16(18(27)12-19(17)28)13-5-3-2-4-6-13/h3-5,7-8,11-16,31-32H,6,9-10H2,1-2H3,(H,27,33);2-12,27-28H,1H3,(H2,23,29). The van der Waals surface area contributed by atoms with Gasteiger partial charge in [0.1, 0.15) is 34.5 Å². The van der Waals surface area contributed by atoms with Crippen molar-refractivity contribution >= 4 is 11.8 Å². The number of nitrogens with two attached hydrogens (primary N) is 1. The molecule has 324 valence electrons. The van der Waals surface area contributed by atoms with Gasteiger partial charge >= 0.3 is 0 Å². The smallest absolute Gasteiger partial charge is 0.289 e. The number of aromatic hydroxyl groups is 4. The molecule has 16 nitrogen and oxygen atoms in total. The summed E-state index contributed by atoms with van der Waals surface area (Å²) >= 11 is 0. The van der Waals surface area contributed by atoms with Crippen molar-refractivity contribution in [3.8, 4) is 79.8 Å². The van der Waals surface area contributed by atoms with Crippen molar-refractivity contribution in [2.75, 3.05) is 21.3 Å². The fourth-order valence-electron chi connectivity index (χ4n) is 7.02. The number of carbonyl (C=O) groups excluding carboxylic acids is 2. The highest BCUT2D eigenvalue weighted by Gasteiger charge is 2.25. The van der Waals surface area contributed by atoms with Gasteiger partial charge in [-0.15, -0.1) is 20.4 Å². The lowest BCUT2D eigenvalue weighted by Crippen LogP contribution is -2.22. The van der Waals surface area contributed by atoms with Crippen molar-refractivity contribution in [3.63, 3.8) is 0 Å². The number of carbonyl (C=O) groups is 2. The molecule has 0 aliphatic heterocycles. The first-order chi connectivity index (χ1) is 31.0. The van der Waals surface area contributed by atoms with E-state index in [-0.39, 0.29) is 51.9 Å². The Morgan fingerprint density at radius 2 is 1.06 bits per heavy atom. The maximum Gasteiger partial charge on any atom is 0.289 e. The van der Waals surface area contributed by atoms with Crippen molar-refractivity contribution in [1.29, 1.82) is 0 Å². The van der Waals surface area contributed by atoms with Crippen LogP contribution in [0.5, 0.6) is 34.5 Å². The lowest BCUT2D eigenvalue weighted by atomic mass is 10.0. The first-order valence-corrected chi connectivity index (χ1v) is 19.9. The van der Waals surface area contributed by atoms with Gasteiger partial charge in [-0.1, -0.05) is 60.7 Å². The Kier molecular flexibility index (Phi) is 13.1. The molecule has 0 aliphatic rings. The number of aromatic nitrogens is 6.